The van der Waals surface area contributed by atoms with E-state index in [2.05, 4.69) is 32.9 Å². The van der Waals surface area contributed by atoms with Gasteiger partial charge in [-0.3, -0.25) is 4.79 Å². The van der Waals surface area contributed by atoms with Gasteiger partial charge in [-0.2, -0.15) is 0 Å². The van der Waals surface area contributed by atoms with E-state index in [0.29, 0.717) is 24.9 Å². The molecular formula is C21H29N5O2S. The van der Waals surface area contributed by atoms with E-state index < -0.39 is 0 Å². The molecule has 1 aromatic heterocycles. The number of guanidine groups is 1. The Labute approximate surface area is 176 Å². The highest BCUT2D eigenvalue weighted by atomic mass is 32.1. The molecule has 8 heteroatoms. The fourth-order valence-corrected chi connectivity index (χ4v) is 3.54. The number of hydrogen-bond acceptors (Lipinski definition) is 5. The molecule has 2 aromatic rings. The number of benzene rings is 1. The number of nitrogens with one attached hydrogen (secondary N) is 3. The van der Waals surface area contributed by atoms with Crippen LogP contribution in [0.25, 0.3) is 0 Å². The fraction of sp³-hybridized carbons (Fsp3) is 0.476. The topological polar surface area (TPSA) is 87.6 Å². The van der Waals surface area contributed by atoms with Crippen molar-refractivity contribution >= 4 is 23.2 Å². The van der Waals surface area contributed by atoms with Gasteiger partial charge in [-0.25, -0.2) is 9.98 Å². The van der Waals surface area contributed by atoms with Crippen molar-refractivity contribution in [2.24, 2.45) is 4.99 Å². The van der Waals surface area contributed by atoms with Gasteiger partial charge in [0, 0.05) is 17.5 Å². The largest absolute Gasteiger partial charge is 0.484 e. The van der Waals surface area contributed by atoms with Gasteiger partial charge in [-0.05, 0) is 51.3 Å². The molecule has 1 saturated carbocycles. The number of aromatic nitrogens is 1. The number of ether oxygens (including phenoxy) is 1. The van der Waals surface area contributed by atoms with Crippen LogP contribution in [0, 0.1) is 13.8 Å². The van der Waals surface area contributed by atoms with Crippen LogP contribution in [-0.4, -0.2) is 36.0 Å². The summed E-state index contributed by atoms with van der Waals surface area (Å²) in [6, 6.07) is 8.04. The maximum atomic E-state index is 11.8. The highest BCUT2D eigenvalue weighted by Gasteiger charge is 2.23. The zero-order valence-electron chi connectivity index (χ0n) is 17.2. The van der Waals surface area contributed by atoms with Crippen LogP contribution in [0.15, 0.2) is 29.3 Å². The second-order valence-corrected chi connectivity index (χ2v) is 8.36. The molecule has 0 spiro atoms. The molecule has 0 radical (unpaired) electrons. The molecule has 7 nitrogen and oxygen atoms in total. The molecule has 1 fully saturated rings. The second-order valence-electron chi connectivity index (χ2n) is 7.08. The summed E-state index contributed by atoms with van der Waals surface area (Å²) in [5, 5.41) is 10.5. The molecule has 0 unspecified atom stereocenters. The third kappa shape index (κ3) is 7.05. The standard InChI is InChI=1S/C21H29N5O2S/c1-4-22-21(24-12-20-25-14(2)15(3)29-20)23-11-16-6-5-7-18(10-16)28-13-19(27)26-17-8-9-17/h5-7,10,17H,4,8-9,11-13H2,1-3H3,(H,26,27)(H2,22,23,24). The lowest BCUT2D eigenvalue weighted by atomic mass is 10.2. The number of rotatable bonds is 9. The van der Waals surface area contributed by atoms with Crippen LogP contribution in [0.4, 0.5) is 0 Å². The maximum absolute atomic E-state index is 11.8. The Kier molecular flexibility index (Phi) is 7.46. The highest BCUT2D eigenvalue weighted by Crippen LogP contribution is 2.19. The van der Waals surface area contributed by atoms with E-state index in [9.17, 15) is 4.79 Å². The zero-order valence-corrected chi connectivity index (χ0v) is 18.1. The van der Waals surface area contributed by atoms with Crippen LogP contribution in [0.5, 0.6) is 5.75 Å². The molecule has 0 atom stereocenters. The summed E-state index contributed by atoms with van der Waals surface area (Å²) < 4.78 is 5.61. The van der Waals surface area contributed by atoms with Crippen LogP contribution in [0.1, 0.15) is 40.9 Å². The van der Waals surface area contributed by atoms with Crippen molar-refractivity contribution in [3.8, 4) is 5.75 Å². The Morgan fingerprint density at radius 1 is 1.31 bits per heavy atom. The summed E-state index contributed by atoms with van der Waals surface area (Å²) in [5.41, 5.74) is 2.10. The molecule has 3 rings (SSSR count). The van der Waals surface area contributed by atoms with Crippen LogP contribution in [-0.2, 0) is 17.9 Å². The molecule has 1 amide bonds. The molecule has 0 bridgehead atoms. The normalized spacial score (nSPS) is 13.8. The fourth-order valence-electron chi connectivity index (χ4n) is 2.67. The van der Waals surface area contributed by atoms with Gasteiger partial charge in [0.15, 0.2) is 12.6 Å². The minimum Gasteiger partial charge on any atom is -0.484 e. The summed E-state index contributed by atoms with van der Waals surface area (Å²) in [4.78, 5) is 22.2. The van der Waals surface area contributed by atoms with Gasteiger partial charge in [-0.1, -0.05) is 12.1 Å². The number of amides is 1. The first-order valence-electron chi connectivity index (χ1n) is 9.99. The lowest BCUT2D eigenvalue weighted by molar-refractivity contribution is -0.123. The molecule has 0 aliphatic heterocycles. The summed E-state index contributed by atoms with van der Waals surface area (Å²) in [6.07, 6.45) is 2.15. The molecule has 29 heavy (non-hydrogen) atoms. The van der Waals surface area contributed by atoms with Gasteiger partial charge in [0.2, 0.25) is 0 Å². The van der Waals surface area contributed by atoms with E-state index in [1.54, 1.807) is 11.3 Å². The van der Waals surface area contributed by atoms with E-state index in [0.717, 1.165) is 41.6 Å². The molecular weight excluding hydrogens is 386 g/mol. The molecule has 1 heterocycles. The van der Waals surface area contributed by atoms with Gasteiger partial charge < -0.3 is 20.7 Å². The Bertz CT molecular complexity index is 841. The lowest BCUT2D eigenvalue weighted by Gasteiger charge is -2.11. The van der Waals surface area contributed by atoms with Crippen molar-refractivity contribution in [1.29, 1.82) is 0 Å². The summed E-state index contributed by atoms with van der Waals surface area (Å²) in [5.74, 6) is 1.35. The molecule has 1 aliphatic rings. The van der Waals surface area contributed by atoms with Gasteiger partial charge >= 0.3 is 0 Å². The van der Waals surface area contributed by atoms with Crippen molar-refractivity contribution < 1.29 is 9.53 Å². The summed E-state index contributed by atoms with van der Waals surface area (Å²) in [6.45, 7) is 8.12. The van der Waals surface area contributed by atoms with Crippen molar-refractivity contribution in [3.63, 3.8) is 0 Å². The van der Waals surface area contributed by atoms with E-state index in [-0.39, 0.29) is 12.5 Å². The average molecular weight is 416 g/mol. The predicted octanol–water partition coefficient (Wildman–Crippen LogP) is 2.67. The number of thiazole rings is 1. The minimum absolute atomic E-state index is 0.0417. The Balaban J connectivity index is 1.52. The van der Waals surface area contributed by atoms with Gasteiger partial charge in [-0.15, -0.1) is 11.3 Å². The second kappa shape index (κ2) is 10.2. The molecule has 156 valence electrons. The quantitative estimate of drug-likeness (QED) is 0.433. The van der Waals surface area contributed by atoms with Crippen LogP contribution < -0.4 is 20.7 Å². The van der Waals surface area contributed by atoms with Crippen molar-refractivity contribution in [3.05, 3.63) is 45.4 Å². The highest BCUT2D eigenvalue weighted by molar-refractivity contribution is 7.11. The van der Waals surface area contributed by atoms with Crippen molar-refractivity contribution in [2.45, 2.75) is 52.7 Å². The van der Waals surface area contributed by atoms with E-state index in [1.165, 1.54) is 4.88 Å². The minimum atomic E-state index is -0.0674. The number of aliphatic imine (C=N–C) groups is 1. The van der Waals surface area contributed by atoms with Crippen LogP contribution in [0.2, 0.25) is 0 Å². The molecule has 1 aliphatic carbocycles. The number of aryl methyl sites for hydroxylation is 2. The Hall–Kier alpha value is -2.61. The third-order valence-electron chi connectivity index (χ3n) is 4.45. The molecule has 0 saturated heterocycles. The predicted molar refractivity (Wildman–Crippen MR) is 116 cm³/mol. The first kappa shape index (κ1) is 21.1. The third-order valence-corrected chi connectivity index (χ3v) is 5.53. The first-order chi connectivity index (χ1) is 14.0. The number of hydrogen-bond donors (Lipinski definition) is 3. The monoisotopic (exact) mass is 415 g/mol. The number of carbonyl (C=O) groups is 1. The Morgan fingerprint density at radius 3 is 2.83 bits per heavy atom. The maximum Gasteiger partial charge on any atom is 0.258 e. The van der Waals surface area contributed by atoms with E-state index in [1.807, 2.05) is 38.1 Å². The van der Waals surface area contributed by atoms with Gasteiger partial charge in [0.05, 0.1) is 18.8 Å². The van der Waals surface area contributed by atoms with Crippen molar-refractivity contribution in [1.82, 2.24) is 20.9 Å². The molecule has 1 aromatic carbocycles. The van der Waals surface area contributed by atoms with Crippen molar-refractivity contribution in [2.75, 3.05) is 13.2 Å². The van der Waals surface area contributed by atoms with E-state index in [4.69, 9.17) is 4.74 Å². The van der Waals surface area contributed by atoms with Crippen LogP contribution in [0.3, 0.4) is 0 Å². The summed E-state index contributed by atoms with van der Waals surface area (Å²) >= 11 is 1.70. The smallest absolute Gasteiger partial charge is 0.258 e. The zero-order chi connectivity index (χ0) is 20.6. The van der Waals surface area contributed by atoms with Crippen LogP contribution >= 0.6 is 11.3 Å². The number of carbonyl (C=O) groups excluding carboxylic acids is 1. The first-order valence-corrected chi connectivity index (χ1v) is 10.8. The van der Waals surface area contributed by atoms with E-state index >= 15 is 0 Å². The Morgan fingerprint density at radius 2 is 2.14 bits per heavy atom. The SMILES string of the molecule is CCNC(=NCc1cccc(OCC(=O)NC2CC2)c1)NCc1nc(C)c(C)s1. The lowest BCUT2D eigenvalue weighted by Crippen LogP contribution is -2.36. The summed E-state index contributed by atoms with van der Waals surface area (Å²) in [7, 11) is 0. The molecule has 3 N–H and O–H groups in total. The number of nitrogens with zero attached hydrogens (tertiary/aromatic N) is 2. The van der Waals surface area contributed by atoms with Gasteiger partial charge in [0.1, 0.15) is 10.8 Å². The van der Waals surface area contributed by atoms with Gasteiger partial charge in [0.25, 0.3) is 5.91 Å². The average Bonchev–Trinajstić information content (AvgIpc) is 3.46.